The molecule has 19 heavy (non-hydrogen) atoms. The summed E-state index contributed by atoms with van der Waals surface area (Å²) in [6.45, 7) is 0.399. The Balaban J connectivity index is 2.07. The van der Waals surface area contributed by atoms with Crippen molar-refractivity contribution in [3.8, 4) is 11.5 Å². The van der Waals surface area contributed by atoms with Gasteiger partial charge >= 0.3 is 5.97 Å². The molecule has 0 amide bonds. The number of nitrogens with zero attached hydrogens (tertiary/aromatic N) is 3. The second-order valence-electron chi connectivity index (χ2n) is 4.57. The maximum absolute atomic E-state index is 11.1. The van der Waals surface area contributed by atoms with Crippen LogP contribution in [0.1, 0.15) is 12.1 Å². The van der Waals surface area contributed by atoms with Gasteiger partial charge in [0.25, 0.3) is 0 Å². The first-order chi connectivity index (χ1) is 9.16. The molecule has 1 aliphatic heterocycles. The molecule has 0 saturated heterocycles. The fourth-order valence-electron chi connectivity index (χ4n) is 2.41. The lowest BCUT2D eigenvalue weighted by atomic mass is 9.98. The van der Waals surface area contributed by atoms with Gasteiger partial charge in [0.2, 0.25) is 0 Å². The van der Waals surface area contributed by atoms with E-state index in [1.807, 2.05) is 22.8 Å². The van der Waals surface area contributed by atoms with Crippen LogP contribution in [0.25, 0.3) is 11.5 Å². The number of aromatic nitrogens is 3. The summed E-state index contributed by atoms with van der Waals surface area (Å²) in [5.41, 5.74) is 1.61. The molecule has 3 heterocycles. The highest BCUT2D eigenvalue weighted by atomic mass is 35.5. The second kappa shape index (κ2) is 4.66. The van der Waals surface area contributed by atoms with Crippen LogP contribution in [-0.2, 0) is 17.8 Å². The zero-order valence-electron chi connectivity index (χ0n) is 10.1. The van der Waals surface area contributed by atoms with Gasteiger partial charge in [-0.25, -0.2) is 4.98 Å². The molecule has 1 unspecified atom stereocenters. The van der Waals surface area contributed by atoms with Crippen LogP contribution in [-0.4, -0.2) is 25.6 Å². The number of hydrogen-bond acceptors (Lipinski definition) is 3. The molecule has 5 nitrogen and oxygen atoms in total. The summed E-state index contributed by atoms with van der Waals surface area (Å²) in [5, 5.41) is 9.60. The van der Waals surface area contributed by atoms with Gasteiger partial charge in [-0.15, -0.1) is 0 Å². The Bertz CT molecular complexity index is 624. The van der Waals surface area contributed by atoms with Gasteiger partial charge in [-0.3, -0.25) is 9.78 Å². The molecule has 98 valence electrons. The molecule has 3 rings (SSSR count). The lowest BCUT2D eigenvalue weighted by Gasteiger charge is -2.22. The summed E-state index contributed by atoms with van der Waals surface area (Å²) < 4.78 is 1.88. The monoisotopic (exact) mass is 277 g/mol. The first kappa shape index (κ1) is 12.2. The van der Waals surface area contributed by atoms with E-state index in [4.69, 9.17) is 16.7 Å². The lowest BCUT2D eigenvalue weighted by Crippen LogP contribution is -2.26. The molecule has 0 fully saturated rings. The van der Waals surface area contributed by atoms with Crippen LogP contribution < -0.4 is 0 Å². The predicted molar refractivity (Wildman–Crippen MR) is 69.9 cm³/mol. The van der Waals surface area contributed by atoms with E-state index < -0.39 is 5.97 Å². The topological polar surface area (TPSA) is 68.0 Å². The summed E-state index contributed by atoms with van der Waals surface area (Å²) in [4.78, 5) is 19.7. The van der Waals surface area contributed by atoms with Crippen LogP contribution in [0.3, 0.4) is 0 Å². The molecule has 0 saturated carbocycles. The van der Waals surface area contributed by atoms with Crippen molar-refractivity contribution in [2.75, 3.05) is 0 Å². The van der Waals surface area contributed by atoms with E-state index in [1.165, 1.54) is 0 Å². The fraction of sp³-hybridized carbons (Fsp3) is 0.308. The maximum Gasteiger partial charge on any atom is 0.308 e. The van der Waals surface area contributed by atoms with Crippen LogP contribution in [0.15, 0.2) is 24.4 Å². The van der Waals surface area contributed by atoms with Gasteiger partial charge in [0.15, 0.2) is 11.0 Å². The molecule has 0 radical (unpaired) electrons. The Morgan fingerprint density at radius 2 is 2.32 bits per heavy atom. The molecule has 0 aromatic carbocycles. The van der Waals surface area contributed by atoms with Crippen molar-refractivity contribution in [2.45, 2.75) is 19.4 Å². The molecule has 6 heteroatoms. The Morgan fingerprint density at radius 1 is 1.47 bits per heavy atom. The minimum absolute atomic E-state index is 0.389. The summed E-state index contributed by atoms with van der Waals surface area (Å²) >= 11 is 6.13. The normalized spacial score (nSPS) is 18.1. The van der Waals surface area contributed by atoms with E-state index in [-0.39, 0.29) is 5.92 Å². The SMILES string of the molecule is O=C(O)C1CCc2c(Cl)nc(-c3ccccn3)n2C1. The molecule has 0 bridgehead atoms. The van der Waals surface area contributed by atoms with Crippen molar-refractivity contribution >= 4 is 17.6 Å². The summed E-state index contributed by atoms with van der Waals surface area (Å²) in [6, 6.07) is 5.54. The smallest absolute Gasteiger partial charge is 0.308 e. The molecular weight excluding hydrogens is 266 g/mol. The molecule has 0 aliphatic carbocycles. The molecule has 0 spiro atoms. The number of carboxylic acid groups (broad SMARTS) is 1. The quantitative estimate of drug-likeness (QED) is 0.914. The standard InChI is InChI=1S/C13H12ClN3O2/c14-11-10-5-4-8(13(18)19)7-17(10)12(16-11)9-3-1-2-6-15-9/h1-3,6,8H,4-5,7H2,(H,18,19). The molecule has 2 aromatic rings. The third-order valence-electron chi connectivity index (χ3n) is 3.40. The minimum atomic E-state index is -0.776. The van der Waals surface area contributed by atoms with Crippen molar-refractivity contribution in [2.24, 2.45) is 5.92 Å². The maximum atomic E-state index is 11.1. The third-order valence-corrected chi connectivity index (χ3v) is 3.70. The first-order valence-electron chi connectivity index (χ1n) is 6.06. The van der Waals surface area contributed by atoms with Gasteiger partial charge in [0, 0.05) is 12.7 Å². The van der Waals surface area contributed by atoms with Crippen LogP contribution in [0.5, 0.6) is 0 Å². The van der Waals surface area contributed by atoms with E-state index in [9.17, 15) is 4.79 Å². The zero-order valence-corrected chi connectivity index (χ0v) is 10.8. The predicted octanol–water partition coefficient (Wildman–Crippen LogP) is 2.25. The minimum Gasteiger partial charge on any atom is -0.481 e. The number of rotatable bonds is 2. The van der Waals surface area contributed by atoms with E-state index >= 15 is 0 Å². The fourth-order valence-corrected chi connectivity index (χ4v) is 2.68. The highest BCUT2D eigenvalue weighted by Gasteiger charge is 2.29. The van der Waals surface area contributed by atoms with Gasteiger partial charge in [-0.1, -0.05) is 17.7 Å². The van der Waals surface area contributed by atoms with Crippen molar-refractivity contribution < 1.29 is 9.90 Å². The van der Waals surface area contributed by atoms with Gasteiger partial charge < -0.3 is 9.67 Å². The molecule has 2 aromatic heterocycles. The number of pyridine rings is 1. The second-order valence-corrected chi connectivity index (χ2v) is 4.93. The molecule has 1 aliphatic rings. The molecule has 1 atom stereocenters. The van der Waals surface area contributed by atoms with Crippen LogP contribution in [0, 0.1) is 5.92 Å². The summed E-state index contributed by atoms with van der Waals surface area (Å²) in [5.74, 6) is -0.519. The van der Waals surface area contributed by atoms with E-state index in [1.54, 1.807) is 6.20 Å². The number of imidazole rings is 1. The van der Waals surface area contributed by atoms with Crippen LogP contribution in [0.2, 0.25) is 5.15 Å². The summed E-state index contributed by atoms with van der Waals surface area (Å²) in [7, 11) is 0. The van der Waals surface area contributed by atoms with Crippen molar-refractivity contribution in [3.05, 3.63) is 35.2 Å². The Kier molecular flexibility index (Phi) is 2.98. The highest BCUT2D eigenvalue weighted by Crippen LogP contribution is 2.31. The number of aliphatic carboxylic acids is 1. The molecule has 1 N–H and O–H groups in total. The Morgan fingerprint density at radius 3 is 3.00 bits per heavy atom. The van der Waals surface area contributed by atoms with Crippen LogP contribution in [0.4, 0.5) is 0 Å². The Hall–Kier alpha value is -1.88. The zero-order chi connectivity index (χ0) is 13.4. The van der Waals surface area contributed by atoms with Gasteiger partial charge in [-0.2, -0.15) is 0 Å². The van der Waals surface area contributed by atoms with Crippen LogP contribution >= 0.6 is 11.6 Å². The number of carboxylic acids is 1. The third kappa shape index (κ3) is 2.10. The van der Waals surface area contributed by atoms with Gasteiger partial charge in [0.1, 0.15) is 5.69 Å². The largest absolute Gasteiger partial charge is 0.481 e. The van der Waals surface area contributed by atoms with E-state index in [0.717, 1.165) is 5.69 Å². The first-order valence-corrected chi connectivity index (χ1v) is 6.43. The lowest BCUT2D eigenvalue weighted by molar-refractivity contribution is -0.142. The van der Waals surface area contributed by atoms with E-state index in [2.05, 4.69) is 9.97 Å². The average molecular weight is 278 g/mol. The molecular formula is C13H12ClN3O2. The Labute approximate surface area is 114 Å². The van der Waals surface area contributed by atoms with Crippen molar-refractivity contribution in [3.63, 3.8) is 0 Å². The van der Waals surface area contributed by atoms with Gasteiger partial charge in [0.05, 0.1) is 11.6 Å². The van der Waals surface area contributed by atoms with Crippen molar-refractivity contribution in [1.82, 2.24) is 14.5 Å². The number of carbonyl (C=O) groups is 1. The summed E-state index contributed by atoms with van der Waals surface area (Å²) in [6.07, 6.45) is 2.92. The van der Waals surface area contributed by atoms with Gasteiger partial charge in [-0.05, 0) is 25.0 Å². The number of fused-ring (bicyclic) bond motifs is 1. The number of halogens is 1. The number of hydrogen-bond donors (Lipinski definition) is 1. The van der Waals surface area contributed by atoms with Crippen molar-refractivity contribution in [1.29, 1.82) is 0 Å². The van der Waals surface area contributed by atoms with E-state index in [0.29, 0.717) is 36.1 Å². The average Bonchev–Trinajstić information content (AvgIpc) is 2.77. The highest BCUT2D eigenvalue weighted by molar-refractivity contribution is 6.30.